The Balaban J connectivity index is 0.601. The summed E-state index contributed by atoms with van der Waals surface area (Å²) >= 11 is 1.49. The predicted molar refractivity (Wildman–Crippen MR) is 287 cm³/mol. The maximum Gasteiger partial charge on any atom is 0.254 e. The number of rotatable bonds is 18. The number of benzene rings is 1. The molecule has 5 N–H and O–H groups in total. The zero-order valence-corrected chi connectivity index (χ0v) is 44.7. The van der Waals surface area contributed by atoms with Crippen LogP contribution in [0, 0.1) is 12.8 Å². The lowest BCUT2D eigenvalue weighted by molar-refractivity contribution is -0.141. The normalized spacial score (nSPS) is 23.5. The van der Waals surface area contributed by atoms with E-state index in [2.05, 4.69) is 67.4 Å². The Morgan fingerprint density at radius 1 is 0.883 bits per heavy atom. The van der Waals surface area contributed by atoms with Gasteiger partial charge >= 0.3 is 0 Å². The summed E-state index contributed by atoms with van der Waals surface area (Å²) in [6.07, 6.45) is 10.4. The minimum absolute atomic E-state index is 0.0249. The second kappa shape index (κ2) is 22.5. The van der Waals surface area contributed by atoms with Crippen molar-refractivity contribution in [2.75, 3.05) is 61.4 Å². The zero-order valence-electron chi connectivity index (χ0n) is 43.9. The van der Waals surface area contributed by atoms with Crippen molar-refractivity contribution in [1.82, 2.24) is 50.4 Å². The molecule has 77 heavy (non-hydrogen) atoms. The first-order valence-electron chi connectivity index (χ1n) is 26.9. The Hall–Kier alpha value is -7.01. The van der Waals surface area contributed by atoms with Crippen LogP contribution in [0.25, 0.3) is 21.8 Å². The van der Waals surface area contributed by atoms with Gasteiger partial charge in [0.2, 0.25) is 17.7 Å². The van der Waals surface area contributed by atoms with Crippen LogP contribution in [0.3, 0.4) is 0 Å². The third-order valence-electron chi connectivity index (χ3n) is 15.8. The number of ether oxygens (including phenoxy) is 3. The molecule has 0 spiro atoms. The van der Waals surface area contributed by atoms with Crippen LogP contribution in [0.5, 0.6) is 17.5 Å². The van der Waals surface area contributed by atoms with Gasteiger partial charge < -0.3 is 54.7 Å². The van der Waals surface area contributed by atoms with Gasteiger partial charge in [-0.1, -0.05) is 26.0 Å². The molecule has 21 nitrogen and oxygen atoms in total. The molecule has 1 unspecified atom stereocenters. The number of hydrogen-bond donors (Lipinski definition) is 4. The molecule has 2 amide bonds. The zero-order chi connectivity index (χ0) is 53.3. The number of aliphatic hydroxyl groups is 1. The molecule has 4 saturated heterocycles. The van der Waals surface area contributed by atoms with Crippen molar-refractivity contribution >= 4 is 40.3 Å². The average Bonchev–Trinajstić information content (AvgIpc) is 4.22. The number of thiazole rings is 1. The van der Waals surface area contributed by atoms with Gasteiger partial charge in [0.15, 0.2) is 11.6 Å². The number of nitrogens with zero attached hydrogens (tertiary/aromatic N) is 11. The smallest absolute Gasteiger partial charge is 0.254 e. The van der Waals surface area contributed by atoms with Gasteiger partial charge in [-0.2, -0.15) is 0 Å². The Bertz CT molecular complexity index is 3010. The Kier molecular flexibility index (Phi) is 15.2. The first-order chi connectivity index (χ1) is 37.3. The number of aliphatic hydroxyl groups excluding tert-OH is 1. The summed E-state index contributed by atoms with van der Waals surface area (Å²) < 4.78 is 24.7. The molecule has 5 aromatic heterocycles. The van der Waals surface area contributed by atoms with E-state index in [1.165, 1.54) is 16.2 Å². The summed E-state index contributed by atoms with van der Waals surface area (Å²) in [4.78, 5) is 55.5. The number of hydrogen-bond acceptors (Lipinski definition) is 20. The Labute approximate surface area is 451 Å². The van der Waals surface area contributed by atoms with Crippen LogP contribution >= 0.6 is 11.3 Å². The number of para-hydroxylation sites is 1. The molecule has 6 atom stereocenters. The molecule has 22 heteroatoms. The van der Waals surface area contributed by atoms with Crippen LogP contribution in [0.1, 0.15) is 94.8 Å². The summed E-state index contributed by atoms with van der Waals surface area (Å²) in [5, 5.41) is 36.8. The van der Waals surface area contributed by atoms with Crippen molar-refractivity contribution in [2.24, 2.45) is 5.92 Å². The van der Waals surface area contributed by atoms with Crippen LogP contribution in [-0.2, 0) is 14.3 Å². The van der Waals surface area contributed by atoms with E-state index in [4.69, 9.17) is 24.5 Å². The molecular weight excluding hydrogens is 1000 g/mol. The number of amides is 2. The van der Waals surface area contributed by atoms with Crippen molar-refractivity contribution in [2.45, 2.75) is 127 Å². The van der Waals surface area contributed by atoms with Crippen LogP contribution in [0.15, 0.2) is 77.2 Å². The first kappa shape index (κ1) is 52.1. The van der Waals surface area contributed by atoms with E-state index in [0.717, 1.165) is 86.6 Å². The number of aromatic hydroxyl groups is 1. The first-order valence-corrected chi connectivity index (χ1v) is 27.8. The number of aryl methyl sites for hydroxylation is 1. The number of carbonyl (C=O) groups excluding carboxylic acids is 2. The number of nitrogens with two attached hydrogens (primary N) is 1. The third-order valence-corrected chi connectivity index (χ3v) is 16.8. The SMILES string of the molecule is Cc1ncsc1-c1cnc([C@H](C)NC(=O)[C@@H]2C[C@@H](O)CN2C(=O)[C@H](c2cc(OCCN3CCC(OC4CC(Oc5cc(N6C7CC[C@@H]6CN(c6cc(-c8ccccc8O)nnc6N)C7)ccn5)C4)CC3)no2)C(C)C)cn1. The Morgan fingerprint density at radius 3 is 2.40 bits per heavy atom. The standard InChI is InChI=1S/C55H67N13O8S/c1-31(2)51(55(72)67-29-37(69)20-46(67)54(71)61-32(3)43-25-59-44(26-58-43)52-33(4)60-30-77-52)48-24-50(64-76-48)73-18-17-65-15-12-38(13-16-65)74-39-21-40(22-39)75-49-19-34(11-14-57-49)68-35-9-10-36(68)28-66(27-35)45-23-42(62-63-53(45)56)41-7-5-6-8-47(41)70/h5-8,11,14,19,23-26,30-32,35-40,46,51,69-70H,9-10,12-13,15-18,20-22,27-29H2,1-4H3,(H2,56,63)(H,61,71)/t32-,35+,36?,37+,39?,40?,46-,51-/m0/s1. The van der Waals surface area contributed by atoms with Gasteiger partial charge in [-0.15, -0.1) is 21.5 Å². The fourth-order valence-corrected chi connectivity index (χ4v) is 12.4. The Morgan fingerprint density at radius 2 is 1.68 bits per heavy atom. The van der Waals surface area contributed by atoms with E-state index in [9.17, 15) is 19.8 Å². The van der Waals surface area contributed by atoms with Crippen LogP contribution < -0.4 is 30.3 Å². The molecule has 1 aromatic carbocycles. The van der Waals surface area contributed by atoms with Crippen molar-refractivity contribution in [3.8, 4) is 39.3 Å². The minimum Gasteiger partial charge on any atom is -0.507 e. The molecular formula is C55H67N13O8S. The van der Waals surface area contributed by atoms with E-state index < -0.39 is 24.1 Å². The topological polar surface area (TPSA) is 257 Å². The minimum atomic E-state index is -0.878. The van der Waals surface area contributed by atoms with Crippen LogP contribution in [-0.4, -0.2) is 156 Å². The van der Waals surface area contributed by atoms with Crippen molar-refractivity contribution in [3.63, 3.8) is 0 Å². The van der Waals surface area contributed by atoms with Gasteiger partial charge in [0.1, 0.15) is 36.1 Å². The summed E-state index contributed by atoms with van der Waals surface area (Å²) in [5.41, 5.74) is 13.5. The number of phenols is 1. The van der Waals surface area contributed by atoms with Gasteiger partial charge in [0.05, 0.1) is 69.9 Å². The summed E-state index contributed by atoms with van der Waals surface area (Å²) in [7, 11) is 0. The largest absolute Gasteiger partial charge is 0.507 e. The van der Waals surface area contributed by atoms with E-state index in [1.807, 2.05) is 52.1 Å². The highest BCUT2D eigenvalue weighted by Crippen LogP contribution is 2.41. The fraction of sp³-hybridized carbons (Fsp3) is 0.509. The molecule has 11 rings (SSSR count). The maximum atomic E-state index is 14.2. The summed E-state index contributed by atoms with van der Waals surface area (Å²) in [6, 6.07) is 14.1. The number of nitrogens with one attached hydrogen (secondary N) is 1. The number of fused-ring (bicyclic) bond motifs is 2. The van der Waals surface area contributed by atoms with Gasteiger partial charge in [-0.3, -0.25) is 24.5 Å². The number of phenolic OH excluding ortho intramolecular Hbond substituents is 1. The number of anilines is 3. The van der Waals surface area contributed by atoms with E-state index in [1.54, 1.807) is 36.1 Å². The average molecular weight is 1070 g/mol. The molecule has 1 aliphatic carbocycles. The number of nitrogen functional groups attached to an aromatic ring is 1. The fourth-order valence-electron chi connectivity index (χ4n) is 11.6. The lowest BCUT2D eigenvalue weighted by Crippen LogP contribution is -2.54. The molecule has 2 bridgehead atoms. The summed E-state index contributed by atoms with van der Waals surface area (Å²) in [5.74, 6) is 0.165. The molecule has 1 saturated carbocycles. The van der Waals surface area contributed by atoms with Gasteiger partial charge in [-0.25, -0.2) is 9.97 Å². The highest BCUT2D eigenvalue weighted by Gasteiger charge is 2.45. The second-order valence-corrected chi connectivity index (χ2v) is 22.3. The lowest BCUT2D eigenvalue weighted by atomic mass is 9.91. The van der Waals surface area contributed by atoms with Crippen LogP contribution in [0.2, 0.25) is 0 Å². The third kappa shape index (κ3) is 11.4. The number of piperazine rings is 1. The number of carbonyl (C=O) groups is 2. The number of likely N-dealkylation sites (tertiary alicyclic amines) is 2. The van der Waals surface area contributed by atoms with Crippen molar-refractivity contribution < 1.29 is 38.5 Å². The van der Waals surface area contributed by atoms with Crippen LogP contribution in [0.4, 0.5) is 17.2 Å². The maximum absolute atomic E-state index is 14.2. The van der Waals surface area contributed by atoms with Gasteiger partial charge in [-0.05, 0) is 74.9 Å². The van der Waals surface area contributed by atoms with E-state index in [-0.39, 0.29) is 66.8 Å². The summed E-state index contributed by atoms with van der Waals surface area (Å²) in [6.45, 7) is 12.0. The number of pyridine rings is 1. The molecule has 0 radical (unpaired) electrons. The quantitative estimate of drug-likeness (QED) is 0.0776. The molecule has 5 aliphatic rings. The van der Waals surface area contributed by atoms with Gasteiger partial charge in [0.25, 0.3) is 5.88 Å². The van der Waals surface area contributed by atoms with Gasteiger partial charge in [0, 0.05) is 100 Å². The number of aromatic nitrogens is 7. The predicted octanol–water partition coefficient (Wildman–Crippen LogP) is 5.94. The monoisotopic (exact) mass is 1070 g/mol. The second-order valence-electron chi connectivity index (χ2n) is 21.4. The lowest BCUT2D eigenvalue weighted by Gasteiger charge is -2.43. The molecule has 4 aliphatic heterocycles. The number of piperidine rings is 1. The molecule has 6 aromatic rings. The molecule has 9 heterocycles. The van der Waals surface area contributed by atoms with Crippen molar-refractivity contribution in [1.29, 1.82) is 0 Å². The van der Waals surface area contributed by atoms with E-state index >= 15 is 0 Å². The molecule has 406 valence electrons. The highest BCUT2D eigenvalue weighted by atomic mass is 32.1. The molecule has 5 fully saturated rings. The van der Waals surface area contributed by atoms with Crippen molar-refractivity contribution in [3.05, 3.63) is 89.8 Å². The highest BCUT2D eigenvalue weighted by molar-refractivity contribution is 7.13. The van der Waals surface area contributed by atoms with E-state index in [0.29, 0.717) is 59.1 Å². The number of β-amino-alcohol motifs (C(OH)–C–C–N with tert-alkyl or cyclic N) is 1.